The number of carbonyl (C=O) groups is 1. The van der Waals surface area contributed by atoms with E-state index in [-0.39, 0.29) is 0 Å². The van der Waals surface area contributed by atoms with E-state index in [1.165, 1.54) is 0 Å². The van der Waals surface area contributed by atoms with Gasteiger partial charge >= 0.3 is 0 Å². The van der Waals surface area contributed by atoms with Gasteiger partial charge in [0.05, 0.1) is 5.01 Å². The second-order valence-corrected chi connectivity index (χ2v) is 2.73. The van der Waals surface area contributed by atoms with Crippen LogP contribution in [-0.4, -0.2) is 17.9 Å². The smallest absolute Gasteiger partial charge is 0.207 e. The van der Waals surface area contributed by atoms with Crippen LogP contribution in [0.25, 0.3) is 0 Å². The predicted octanol–water partition coefficient (Wildman–Crippen LogP) is 0.432. The molecule has 0 aliphatic carbocycles. The van der Waals surface area contributed by atoms with Crippen molar-refractivity contribution in [3.63, 3.8) is 0 Å². The minimum atomic E-state index is 0.678. The molecule has 1 aromatic heterocycles. The first-order valence-electron chi connectivity index (χ1n) is 2.99. The van der Waals surface area contributed by atoms with Gasteiger partial charge in [0.2, 0.25) is 6.41 Å². The van der Waals surface area contributed by atoms with Crippen molar-refractivity contribution < 1.29 is 4.79 Å². The van der Waals surface area contributed by atoms with Gasteiger partial charge in [0.1, 0.15) is 0 Å². The molecule has 1 rings (SSSR count). The van der Waals surface area contributed by atoms with Crippen LogP contribution in [0.4, 0.5) is 0 Å². The van der Waals surface area contributed by atoms with E-state index in [2.05, 4.69) is 10.3 Å². The van der Waals surface area contributed by atoms with Crippen LogP contribution in [0.2, 0.25) is 0 Å². The van der Waals surface area contributed by atoms with Crippen LogP contribution in [0.1, 0.15) is 5.01 Å². The number of hydrogen-bond donors (Lipinski definition) is 1. The summed E-state index contributed by atoms with van der Waals surface area (Å²) in [7, 11) is 0. The Balaban J connectivity index is 2.21. The highest BCUT2D eigenvalue weighted by Crippen LogP contribution is 2.02. The van der Waals surface area contributed by atoms with Gasteiger partial charge in [0, 0.05) is 24.5 Å². The first-order valence-corrected chi connectivity index (χ1v) is 3.87. The third kappa shape index (κ3) is 2.14. The van der Waals surface area contributed by atoms with Gasteiger partial charge < -0.3 is 5.32 Å². The predicted molar refractivity (Wildman–Crippen MR) is 39.9 cm³/mol. The van der Waals surface area contributed by atoms with Gasteiger partial charge in [-0.2, -0.15) is 0 Å². The van der Waals surface area contributed by atoms with Crippen LogP contribution in [0.5, 0.6) is 0 Å². The summed E-state index contributed by atoms with van der Waals surface area (Å²) < 4.78 is 0. The number of nitrogens with zero attached hydrogens (tertiary/aromatic N) is 1. The lowest BCUT2D eigenvalue weighted by atomic mass is 10.4. The molecular formula is C6H8N2OS. The van der Waals surface area contributed by atoms with Crippen molar-refractivity contribution in [2.75, 3.05) is 6.54 Å². The van der Waals surface area contributed by atoms with E-state index in [1.807, 2.05) is 5.38 Å². The Kier molecular flexibility index (Phi) is 2.89. The van der Waals surface area contributed by atoms with E-state index >= 15 is 0 Å². The molecule has 0 spiro atoms. The van der Waals surface area contributed by atoms with Gasteiger partial charge in [-0.15, -0.1) is 11.3 Å². The molecule has 0 aliphatic heterocycles. The minimum Gasteiger partial charge on any atom is -0.358 e. The molecule has 3 nitrogen and oxygen atoms in total. The Labute approximate surface area is 63.1 Å². The van der Waals surface area contributed by atoms with Gasteiger partial charge in [-0.25, -0.2) is 4.98 Å². The standard InChI is InChI=1S/C6H8N2OS/c9-5-7-2-1-6-8-3-4-10-6/h3-5H,1-2H2,(H,7,9). The largest absolute Gasteiger partial charge is 0.358 e. The van der Waals surface area contributed by atoms with Crippen LogP contribution in [0, 0.1) is 0 Å². The summed E-state index contributed by atoms with van der Waals surface area (Å²) in [6, 6.07) is 0. The van der Waals surface area contributed by atoms with Crippen LogP contribution in [-0.2, 0) is 11.2 Å². The van der Waals surface area contributed by atoms with Crippen molar-refractivity contribution in [2.24, 2.45) is 0 Å². The fraction of sp³-hybridized carbons (Fsp3) is 0.333. The summed E-state index contributed by atoms with van der Waals surface area (Å²) in [5.74, 6) is 0. The van der Waals surface area contributed by atoms with Crippen LogP contribution in [0.3, 0.4) is 0 Å². The highest BCUT2D eigenvalue weighted by molar-refractivity contribution is 7.09. The number of nitrogens with one attached hydrogen (secondary N) is 1. The molecule has 1 aromatic rings. The Bertz CT molecular complexity index is 186. The van der Waals surface area contributed by atoms with E-state index in [0.717, 1.165) is 11.4 Å². The molecular weight excluding hydrogens is 148 g/mol. The van der Waals surface area contributed by atoms with Crippen LogP contribution in [0.15, 0.2) is 11.6 Å². The normalized spacial score (nSPS) is 9.20. The Hall–Kier alpha value is -0.900. The highest BCUT2D eigenvalue weighted by atomic mass is 32.1. The third-order valence-electron chi connectivity index (χ3n) is 1.05. The molecule has 0 fully saturated rings. The van der Waals surface area contributed by atoms with E-state index < -0.39 is 0 Å². The molecule has 0 radical (unpaired) electrons. The maximum atomic E-state index is 9.81. The van der Waals surface area contributed by atoms with Crippen molar-refractivity contribution in [2.45, 2.75) is 6.42 Å². The maximum absolute atomic E-state index is 9.81. The SMILES string of the molecule is O=CNCCc1nccs1. The molecule has 0 saturated carbocycles. The molecule has 1 heterocycles. The molecule has 0 unspecified atom stereocenters. The van der Waals surface area contributed by atoms with Gasteiger partial charge in [-0.3, -0.25) is 4.79 Å². The molecule has 0 atom stereocenters. The summed E-state index contributed by atoms with van der Waals surface area (Å²) in [5, 5.41) is 5.56. The Morgan fingerprint density at radius 1 is 1.80 bits per heavy atom. The van der Waals surface area contributed by atoms with Crippen molar-refractivity contribution in [1.82, 2.24) is 10.3 Å². The zero-order valence-corrected chi connectivity index (χ0v) is 6.23. The average molecular weight is 156 g/mol. The Morgan fingerprint density at radius 2 is 2.70 bits per heavy atom. The summed E-state index contributed by atoms with van der Waals surface area (Å²) >= 11 is 1.61. The summed E-state index contributed by atoms with van der Waals surface area (Å²) in [6.07, 6.45) is 3.30. The fourth-order valence-electron chi connectivity index (χ4n) is 0.614. The molecule has 0 saturated heterocycles. The van der Waals surface area contributed by atoms with Crippen molar-refractivity contribution >= 4 is 17.7 Å². The lowest BCUT2D eigenvalue weighted by Gasteiger charge is -1.92. The summed E-state index contributed by atoms with van der Waals surface area (Å²) in [6.45, 7) is 0.678. The molecule has 4 heteroatoms. The molecule has 10 heavy (non-hydrogen) atoms. The van der Waals surface area contributed by atoms with E-state index in [9.17, 15) is 4.79 Å². The van der Waals surface area contributed by atoms with E-state index in [0.29, 0.717) is 13.0 Å². The lowest BCUT2D eigenvalue weighted by Crippen LogP contribution is -2.14. The zero-order valence-electron chi connectivity index (χ0n) is 5.41. The zero-order chi connectivity index (χ0) is 7.23. The number of rotatable bonds is 4. The second-order valence-electron chi connectivity index (χ2n) is 1.75. The maximum Gasteiger partial charge on any atom is 0.207 e. The quantitative estimate of drug-likeness (QED) is 0.507. The molecule has 0 aromatic carbocycles. The third-order valence-corrected chi connectivity index (χ3v) is 1.89. The molecule has 1 amide bonds. The molecule has 54 valence electrons. The fourth-order valence-corrected chi connectivity index (χ4v) is 1.23. The van der Waals surface area contributed by atoms with Gasteiger partial charge in [0.25, 0.3) is 0 Å². The van der Waals surface area contributed by atoms with E-state index in [1.54, 1.807) is 17.5 Å². The lowest BCUT2D eigenvalue weighted by molar-refractivity contribution is -0.109. The highest BCUT2D eigenvalue weighted by Gasteiger charge is 1.92. The first kappa shape index (κ1) is 7.21. The van der Waals surface area contributed by atoms with Crippen molar-refractivity contribution in [3.05, 3.63) is 16.6 Å². The van der Waals surface area contributed by atoms with Crippen molar-refractivity contribution in [3.8, 4) is 0 Å². The average Bonchev–Trinajstić information content (AvgIpc) is 2.41. The number of thiazole rings is 1. The number of carbonyl (C=O) groups excluding carboxylic acids is 1. The van der Waals surface area contributed by atoms with Crippen LogP contribution >= 0.6 is 11.3 Å². The minimum absolute atomic E-state index is 0.678. The summed E-state index contributed by atoms with van der Waals surface area (Å²) in [5.41, 5.74) is 0. The monoisotopic (exact) mass is 156 g/mol. The molecule has 0 bridgehead atoms. The number of amides is 1. The number of hydrogen-bond acceptors (Lipinski definition) is 3. The van der Waals surface area contributed by atoms with E-state index in [4.69, 9.17) is 0 Å². The second kappa shape index (κ2) is 4.00. The van der Waals surface area contributed by atoms with Gasteiger partial charge in [0.15, 0.2) is 0 Å². The molecule has 1 N–H and O–H groups in total. The van der Waals surface area contributed by atoms with Gasteiger partial charge in [-0.05, 0) is 0 Å². The topological polar surface area (TPSA) is 42.0 Å². The van der Waals surface area contributed by atoms with Gasteiger partial charge in [-0.1, -0.05) is 0 Å². The molecule has 0 aliphatic rings. The summed E-state index contributed by atoms with van der Waals surface area (Å²) in [4.78, 5) is 13.9. The van der Waals surface area contributed by atoms with Crippen molar-refractivity contribution in [1.29, 1.82) is 0 Å². The number of aromatic nitrogens is 1. The van der Waals surface area contributed by atoms with Crippen LogP contribution < -0.4 is 5.32 Å². The first-order chi connectivity index (χ1) is 4.93. The Morgan fingerprint density at radius 3 is 3.30 bits per heavy atom.